The fraction of sp³-hybridized carbons (Fsp3) is 0.455. The molecule has 0 spiro atoms. The van der Waals surface area contributed by atoms with Crippen molar-refractivity contribution < 1.29 is 9.50 Å². The van der Waals surface area contributed by atoms with Gasteiger partial charge in [-0.1, -0.05) is 23.7 Å². The summed E-state index contributed by atoms with van der Waals surface area (Å²) in [6.45, 7) is 1.34. The molecule has 1 aliphatic rings. The summed E-state index contributed by atoms with van der Waals surface area (Å²) in [6.07, 6.45) is 0.737. The average molecular weight is 230 g/mol. The smallest absolute Gasteiger partial charge is 0.145 e. The lowest BCUT2D eigenvalue weighted by atomic mass is 9.80. The highest BCUT2D eigenvalue weighted by molar-refractivity contribution is 6.30. The first-order valence-electron chi connectivity index (χ1n) is 4.96. The Balaban J connectivity index is 2.47. The number of hydrogen-bond acceptors (Lipinski definition) is 2. The largest absolute Gasteiger partial charge is 0.395 e. The predicted molar refractivity (Wildman–Crippen MR) is 57.7 cm³/mol. The van der Waals surface area contributed by atoms with E-state index in [-0.39, 0.29) is 11.6 Å². The Morgan fingerprint density at radius 2 is 2.33 bits per heavy atom. The Hall–Kier alpha value is -0.640. The third-order valence-corrected chi connectivity index (χ3v) is 3.36. The summed E-state index contributed by atoms with van der Waals surface area (Å²) in [7, 11) is 0. The molecule has 0 saturated carbocycles. The van der Waals surface area contributed by atoms with E-state index >= 15 is 0 Å². The molecule has 1 heterocycles. The van der Waals surface area contributed by atoms with Gasteiger partial charge in [-0.15, -0.1) is 0 Å². The predicted octanol–water partition coefficient (Wildman–Crippen LogP) is 1.70. The highest BCUT2D eigenvalue weighted by Crippen LogP contribution is 2.34. The first-order valence-corrected chi connectivity index (χ1v) is 5.33. The van der Waals surface area contributed by atoms with Crippen LogP contribution < -0.4 is 5.32 Å². The molecule has 1 aliphatic heterocycles. The van der Waals surface area contributed by atoms with E-state index < -0.39 is 11.2 Å². The maximum Gasteiger partial charge on any atom is 0.145 e. The Morgan fingerprint density at radius 3 is 2.93 bits per heavy atom. The van der Waals surface area contributed by atoms with Crippen LogP contribution in [0.2, 0.25) is 5.02 Å². The molecule has 15 heavy (non-hydrogen) atoms. The Kier molecular flexibility index (Phi) is 2.96. The summed E-state index contributed by atoms with van der Waals surface area (Å²) in [6, 6.07) is 4.94. The highest BCUT2D eigenvalue weighted by atomic mass is 35.5. The van der Waals surface area contributed by atoms with Gasteiger partial charge >= 0.3 is 0 Å². The molecule has 1 aromatic rings. The maximum atomic E-state index is 13.8. The number of rotatable bonds is 2. The van der Waals surface area contributed by atoms with Gasteiger partial charge in [0, 0.05) is 12.0 Å². The minimum absolute atomic E-state index is 0.0583. The van der Waals surface area contributed by atoms with Gasteiger partial charge in [0.15, 0.2) is 0 Å². The van der Waals surface area contributed by atoms with Crippen LogP contribution in [0.1, 0.15) is 12.0 Å². The van der Waals surface area contributed by atoms with E-state index in [1.165, 1.54) is 6.07 Å². The summed E-state index contributed by atoms with van der Waals surface area (Å²) in [5, 5.41) is 12.7. The van der Waals surface area contributed by atoms with Crippen LogP contribution in [-0.4, -0.2) is 24.8 Å². The number of nitrogens with one attached hydrogen (secondary N) is 1. The van der Waals surface area contributed by atoms with E-state index in [9.17, 15) is 9.50 Å². The van der Waals surface area contributed by atoms with E-state index in [0.29, 0.717) is 12.1 Å². The standard InChI is InChI=1S/C11H13ClFNO/c12-9-3-1-2-8(10(9)13)11(7-15)4-5-14-6-11/h1-3,14-15H,4-7H2. The number of aliphatic hydroxyl groups excluding tert-OH is 1. The number of benzene rings is 1. The Labute approximate surface area is 93.1 Å². The van der Waals surface area contributed by atoms with Gasteiger partial charge in [-0.3, -0.25) is 0 Å². The van der Waals surface area contributed by atoms with Crippen molar-refractivity contribution in [2.75, 3.05) is 19.7 Å². The van der Waals surface area contributed by atoms with Crippen LogP contribution in [0.5, 0.6) is 0 Å². The molecule has 1 aromatic carbocycles. The summed E-state index contributed by atoms with van der Waals surface area (Å²) in [5.41, 5.74) is 0.0112. The summed E-state index contributed by atoms with van der Waals surface area (Å²) >= 11 is 5.73. The number of hydrogen-bond donors (Lipinski definition) is 2. The van der Waals surface area contributed by atoms with Gasteiger partial charge in [0.05, 0.1) is 11.6 Å². The molecule has 82 valence electrons. The summed E-state index contributed by atoms with van der Waals surface area (Å²) in [4.78, 5) is 0. The molecule has 0 radical (unpaired) electrons. The fourth-order valence-electron chi connectivity index (χ4n) is 2.11. The van der Waals surface area contributed by atoms with Gasteiger partial charge < -0.3 is 10.4 Å². The van der Waals surface area contributed by atoms with Crippen molar-refractivity contribution in [2.45, 2.75) is 11.8 Å². The van der Waals surface area contributed by atoms with E-state index in [1.54, 1.807) is 12.1 Å². The first kappa shape index (κ1) is 10.9. The second kappa shape index (κ2) is 4.08. The first-order chi connectivity index (χ1) is 7.19. The molecule has 0 aromatic heterocycles. The van der Waals surface area contributed by atoms with Crippen molar-refractivity contribution in [1.29, 1.82) is 0 Å². The molecule has 2 rings (SSSR count). The van der Waals surface area contributed by atoms with Crippen molar-refractivity contribution in [1.82, 2.24) is 5.32 Å². The van der Waals surface area contributed by atoms with Crippen LogP contribution in [0.4, 0.5) is 4.39 Å². The van der Waals surface area contributed by atoms with Crippen LogP contribution in [0.3, 0.4) is 0 Å². The second-order valence-electron chi connectivity index (χ2n) is 3.97. The zero-order chi connectivity index (χ0) is 10.9. The number of halogens is 2. The molecule has 2 nitrogen and oxygen atoms in total. The number of aliphatic hydroxyl groups is 1. The molecular weight excluding hydrogens is 217 g/mol. The molecule has 2 N–H and O–H groups in total. The maximum absolute atomic E-state index is 13.8. The molecule has 0 bridgehead atoms. The van der Waals surface area contributed by atoms with E-state index in [2.05, 4.69) is 5.32 Å². The molecule has 1 saturated heterocycles. The van der Waals surface area contributed by atoms with Crippen LogP contribution >= 0.6 is 11.6 Å². The fourth-order valence-corrected chi connectivity index (χ4v) is 2.28. The van der Waals surface area contributed by atoms with Gasteiger partial charge in [0.1, 0.15) is 5.82 Å². The molecule has 0 aliphatic carbocycles. The molecule has 1 atom stereocenters. The van der Waals surface area contributed by atoms with Crippen molar-refractivity contribution >= 4 is 11.6 Å². The second-order valence-corrected chi connectivity index (χ2v) is 4.37. The molecular formula is C11H13ClFNO. The Morgan fingerprint density at radius 1 is 1.53 bits per heavy atom. The lowest BCUT2D eigenvalue weighted by molar-refractivity contribution is 0.202. The van der Waals surface area contributed by atoms with Gasteiger partial charge in [0.25, 0.3) is 0 Å². The van der Waals surface area contributed by atoms with E-state index in [1.807, 2.05) is 0 Å². The van der Waals surface area contributed by atoms with Crippen LogP contribution in [-0.2, 0) is 5.41 Å². The SMILES string of the molecule is OCC1(c2cccc(Cl)c2F)CCNC1. The van der Waals surface area contributed by atoms with Crippen molar-refractivity contribution in [3.63, 3.8) is 0 Å². The lowest BCUT2D eigenvalue weighted by Gasteiger charge is -2.26. The van der Waals surface area contributed by atoms with Crippen molar-refractivity contribution in [3.8, 4) is 0 Å². The van der Waals surface area contributed by atoms with E-state index in [0.717, 1.165) is 13.0 Å². The van der Waals surface area contributed by atoms with Gasteiger partial charge in [0.2, 0.25) is 0 Å². The minimum atomic E-state index is -0.505. The van der Waals surface area contributed by atoms with Crippen molar-refractivity contribution in [2.24, 2.45) is 0 Å². The zero-order valence-electron chi connectivity index (χ0n) is 8.26. The van der Waals surface area contributed by atoms with Crippen molar-refractivity contribution in [3.05, 3.63) is 34.6 Å². The normalized spacial score (nSPS) is 25.8. The quantitative estimate of drug-likeness (QED) is 0.809. The molecule has 1 fully saturated rings. The zero-order valence-corrected chi connectivity index (χ0v) is 9.02. The van der Waals surface area contributed by atoms with Crippen LogP contribution in [0.25, 0.3) is 0 Å². The third kappa shape index (κ3) is 1.75. The van der Waals surface area contributed by atoms with Gasteiger partial charge in [-0.25, -0.2) is 4.39 Å². The minimum Gasteiger partial charge on any atom is -0.395 e. The monoisotopic (exact) mass is 229 g/mol. The van der Waals surface area contributed by atoms with Gasteiger partial charge in [-0.05, 0) is 24.6 Å². The summed E-state index contributed by atoms with van der Waals surface area (Å²) in [5.74, 6) is -0.406. The van der Waals surface area contributed by atoms with Crippen LogP contribution in [0, 0.1) is 5.82 Å². The summed E-state index contributed by atoms with van der Waals surface area (Å²) < 4.78 is 13.8. The lowest BCUT2D eigenvalue weighted by Crippen LogP contribution is -2.34. The Bertz CT molecular complexity index is 364. The molecule has 0 amide bonds. The molecule has 1 unspecified atom stereocenters. The van der Waals surface area contributed by atoms with Crippen LogP contribution in [0.15, 0.2) is 18.2 Å². The van der Waals surface area contributed by atoms with E-state index in [4.69, 9.17) is 11.6 Å². The van der Waals surface area contributed by atoms with Gasteiger partial charge in [-0.2, -0.15) is 0 Å². The highest BCUT2D eigenvalue weighted by Gasteiger charge is 2.37. The molecule has 4 heteroatoms. The topological polar surface area (TPSA) is 32.3 Å². The average Bonchev–Trinajstić information content (AvgIpc) is 2.72. The third-order valence-electron chi connectivity index (χ3n) is 3.07.